The molecule has 0 aliphatic rings. The lowest BCUT2D eigenvalue weighted by atomic mass is 9.67. The van der Waals surface area contributed by atoms with E-state index >= 15 is 0 Å². The Labute approximate surface area is 96.8 Å². The molecule has 0 saturated heterocycles. The quantitative estimate of drug-likeness (QED) is 0.707. The molecule has 92 valence electrons. The molecular weight excluding hydrogens is 182 g/mol. The van der Waals surface area contributed by atoms with E-state index in [0.717, 1.165) is 11.8 Å². The summed E-state index contributed by atoms with van der Waals surface area (Å²) in [6.45, 7) is 16.2. The number of nitrogens with two attached hydrogens (primary N) is 1. The van der Waals surface area contributed by atoms with Crippen molar-refractivity contribution in [3.05, 3.63) is 0 Å². The van der Waals surface area contributed by atoms with E-state index in [9.17, 15) is 0 Å². The van der Waals surface area contributed by atoms with Crippen molar-refractivity contribution in [3.63, 3.8) is 0 Å². The lowest BCUT2D eigenvalue weighted by molar-refractivity contribution is 0.112. The van der Waals surface area contributed by atoms with E-state index in [1.165, 1.54) is 12.8 Å². The van der Waals surface area contributed by atoms with E-state index in [-0.39, 0.29) is 0 Å². The van der Waals surface area contributed by atoms with E-state index in [0.29, 0.717) is 17.4 Å². The molecule has 0 amide bonds. The second-order valence-corrected chi connectivity index (χ2v) is 6.10. The van der Waals surface area contributed by atoms with Crippen molar-refractivity contribution in [2.24, 2.45) is 28.9 Å². The Balaban J connectivity index is 4.36. The highest BCUT2D eigenvalue weighted by Gasteiger charge is 2.31. The maximum atomic E-state index is 5.94. The van der Waals surface area contributed by atoms with Crippen molar-refractivity contribution < 1.29 is 0 Å². The van der Waals surface area contributed by atoms with Gasteiger partial charge in [-0.2, -0.15) is 0 Å². The highest BCUT2D eigenvalue weighted by molar-refractivity contribution is 4.82. The number of hydrogen-bond donors (Lipinski definition) is 1. The third-order valence-corrected chi connectivity index (χ3v) is 4.78. The van der Waals surface area contributed by atoms with Crippen LogP contribution in [0.4, 0.5) is 0 Å². The zero-order valence-corrected chi connectivity index (χ0v) is 11.8. The Morgan fingerprint density at radius 3 is 1.80 bits per heavy atom. The molecule has 1 nitrogen and oxygen atoms in total. The lowest BCUT2D eigenvalue weighted by Crippen LogP contribution is -2.33. The third-order valence-electron chi connectivity index (χ3n) is 4.78. The molecule has 0 aliphatic heterocycles. The van der Waals surface area contributed by atoms with Crippen LogP contribution >= 0.6 is 0 Å². The summed E-state index contributed by atoms with van der Waals surface area (Å²) in [5.41, 5.74) is 6.36. The van der Waals surface area contributed by atoms with Gasteiger partial charge in [-0.15, -0.1) is 0 Å². The van der Waals surface area contributed by atoms with Crippen molar-refractivity contribution in [3.8, 4) is 0 Å². The molecule has 1 heteroatoms. The summed E-state index contributed by atoms with van der Waals surface area (Å²) < 4.78 is 0. The average Bonchev–Trinajstić information content (AvgIpc) is 2.15. The molecule has 0 bridgehead atoms. The minimum atomic E-state index is 0.320. The topological polar surface area (TPSA) is 26.0 Å². The Morgan fingerprint density at radius 2 is 1.47 bits per heavy atom. The Kier molecular flexibility index (Phi) is 5.87. The highest BCUT2D eigenvalue weighted by atomic mass is 14.6. The molecule has 0 saturated carbocycles. The first kappa shape index (κ1) is 15.0. The summed E-state index contributed by atoms with van der Waals surface area (Å²) in [5.74, 6) is 2.16. The third kappa shape index (κ3) is 4.14. The van der Waals surface area contributed by atoms with Crippen LogP contribution in [0.2, 0.25) is 0 Å². The second-order valence-electron chi connectivity index (χ2n) is 6.10. The van der Waals surface area contributed by atoms with Gasteiger partial charge in [0.2, 0.25) is 0 Å². The molecule has 0 spiro atoms. The van der Waals surface area contributed by atoms with Crippen LogP contribution in [0.15, 0.2) is 0 Å². The molecule has 15 heavy (non-hydrogen) atoms. The molecule has 0 aliphatic carbocycles. The fourth-order valence-electron chi connectivity index (χ4n) is 2.09. The predicted octanol–water partition coefficient (Wildman–Crippen LogP) is 4.07. The summed E-state index contributed by atoms with van der Waals surface area (Å²) in [6, 6.07) is 0.320. The molecule has 0 aromatic heterocycles. The molecule has 4 unspecified atom stereocenters. The lowest BCUT2D eigenvalue weighted by Gasteiger charge is -2.39. The number of rotatable bonds is 6. The van der Waals surface area contributed by atoms with E-state index < -0.39 is 0 Å². The van der Waals surface area contributed by atoms with Gasteiger partial charge >= 0.3 is 0 Å². The van der Waals surface area contributed by atoms with Gasteiger partial charge in [-0.3, -0.25) is 0 Å². The van der Waals surface area contributed by atoms with Crippen LogP contribution in [-0.4, -0.2) is 6.04 Å². The van der Waals surface area contributed by atoms with Crippen LogP contribution in [-0.2, 0) is 0 Å². The fraction of sp³-hybridized carbons (Fsp3) is 1.00. The maximum Gasteiger partial charge on any atom is 0.00362 e. The van der Waals surface area contributed by atoms with Gasteiger partial charge in [0.05, 0.1) is 0 Å². The first-order chi connectivity index (χ1) is 6.73. The van der Waals surface area contributed by atoms with Crippen LogP contribution in [0.25, 0.3) is 0 Å². The normalized spacial score (nSPS) is 20.8. The molecule has 0 aromatic carbocycles. The molecule has 0 heterocycles. The van der Waals surface area contributed by atoms with Crippen LogP contribution in [0.3, 0.4) is 0 Å². The summed E-state index contributed by atoms with van der Waals surface area (Å²) in [4.78, 5) is 0. The maximum absolute atomic E-state index is 5.94. The van der Waals surface area contributed by atoms with Gasteiger partial charge in [-0.1, -0.05) is 48.0 Å². The molecule has 4 atom stereocenters. The summed E-state index contributed by atoms with van der Waals surface area (Å²) in [6.07, 6.45) is 2.51. The Bertz CT molecular complexity index is 172. The molecular formula is C14H31N. The predicted molar refractivity (Wildman–Crippen MR) is 69.8 cm³/mol. The largest absolute Gasteiger partial charge is 0.328 e. The van der Waals surface area contributed by atoms with Gasteiger partial charge < -0.3 is 5.73 Å². The zero-order valence-electron chi connectivity index (χ0n) is 11.8. The van der Waals surface area contributed by atoms with Crippen LogP contribution in [0.5, 0.6) is 0 Å². The van der Waals surface area contributed by atoms with E-state index in [2.05, 4.69) is 48.5 Å². The minimum absolute atomic E-state index is 0.320. The zero-order chi connectivity index (χ0) is 12.2. The van der Waals surface area contributed by atoms with E-state index in [1.807, 2.05) is 0 Å². The van der Waals surface area contributed by atoms with Gasteiger partial charge in [0.1, 0.15) is 0 Å². The monoisotopic (exact) mass is 213 g/mol. The Morgan fingerprint density at radius 1 is 1.00 bits per heavy atom. The van der Waals surface area contributed by atoms with Crippen LogP contribution in [0.1, 0.15) is 61.3 Å². The summed E-state index contributed by atoms with van der Waals surface area (Å²) >= 11 is 0. The Hall–Kier alpha value is -0.0400. The average molecular weight is 213 g/mol. The minimum Gasteiger partial charge on any atom is -0.328 e. The van der Waals surface area contributed by atoms with E-state index in [1.54, 1.807) is 0 Å². The molecule has 0 aromatic rings. The van der Waals surface area contributed by atoms with Gasteiger partial charge in [0, 0.05) is 6.04 Å². The first-order valence-corrected chi connectivity index (χ1v) is 6.49. The van der Waals surface area contributed by atoms with Gasteiger partial charge in [0.25, 0.3) is 0 Å². The van der Waals surface area contributed by atoms with Crippen LogP contribution in [0, 0.1) is 23.2 Å². The number of hydrogen-bond acceptors (Lipinski definition) is 1. The van der Waals surface area contributed by atoms with Crippen molar-refractivity contribution in [1.29, 1.82) is 0 Å². The SMILES string of the molecule is CCC(C)C(C)(C)C(C)CC(C)C(C)N. The highest BCUT2D eigenvalue weighted by Crippen LogP contribution is 2.40. The molecule has 0 fully saturated rings. The molecule has 2 N–H and O–H groups in total. The fourth-order valence-corrected chi connectivity index (χ4v) is 2.09. The van der Waals surface area contributed by atoms with E-state index in [4.69, 9.17) is 5.73 Å². The standard InChI is InChI=1S/C14H31N/c1-8-11(3)14(6,7)12(4)9-10(2)13(5)15/h10-13H,8-9,15H2,1-7H3. The van der Waals surface area contributed by atoms with Crippen molar-refractivity contribution in [2.75, 3.05) is 0 Å². The van der Waals surface area contributed by atoms with Crippen molar-refractivity contribution in [1.82, 2.24) is 0 Å². The smallest absolute Gasteiger partial charge is 0.00362 e. The first-order valence-electron chi connectivity index (χ1n) is 6.49. The second kappa shape index (κ2) is 5.89. The van der Waals surface area contributed by atoms with Crippen molar-refractivity contribution >= 4 is 0 Å². The van der Waals surface area contributed by atoms with Crippen molar-refractivity contribution in [2.45, 2.75) is 67.3 Å². The molecule has 0 radical (unpaired) electrons. The van der Waals surface area contributed by atoms with Crippen LogP contribution < -0.4 is 5.73 Å². The summed E-state index contributed by atoms with van der Waals surface area (Å²) in [5, 5.41) is 0. The van der Waals surface area contributed by atoms with Gasteiger partial charge in [0.15, 0.2) is 0 Å². The van der Waals surface area contributed by atoms with Gasteiger partial charge in [-0.25, -0.2) is 0 Å². The van der Waals surface area contributed by atoms with Gasteiger partial charge in [-0.05, 0) is 36.5 Å². The molecule has 0 rings (SSSR count). The summed E-state index contributed by atoms with van der Waals surface area (Å²) in [7, 11) is 0.